The summed E-state index contributed by atoms with van der Waals surface area (Å²) in [6.07, 6.45) is 0.746. The number of methoxy groups -OCH3 is 1. The Kier molecular flexibility index (Phi) is 7.93. The number of hydrogen-bond donors (Lipinski definition) is 1. The first-order chi connectivity index (χ1) is 15.1. The molecule has 31 heavy (non-hydrogen) atoms. The zero-order chi connectivity index (χ0) is 22.1. The van der Waals surface area contributed by atoms with E-state index < -0.39 is 0 Å². The van der Waals surface area contributed by atoms with Crippen molar-refractivity contribution in [3.05, 3.63) is 89.0 Å². The van der Waals surface area contributed by atoms with Crippen LogP contribution in [0.4, 0.5) is 0 Å². The number of benzene rings is 3. The lowest BCUT2D eigenvalue weighted by Crippen LogP contribution is -2.25. The van der Waals surface area contributed by atoms with Gasteiger partial charge in [-0.2, -0.15) is 0 Å². The lowest BCUT2D eigenvalue weighted by atomic mass is 10.1. The largest absolute Gasteiger partial charge is 0.497 e. The van der Waals surface area contributed by atoms with Crippen LogP contribution in [0.3, 0.4) is 0 Å². The molecule has 0 unspecified atom stereocenters. The predicted molar refractivity (Wildman–Crippen MR) is 122 cm³/mol. The Morgan fingerprint density at radius 1 is 0.935 bits per heavy atom. The standard InChI is InChI=1S/C26H29NO4/c1-4-30-25-13-10-21(17-22(25)18-31-24-7-5-6-19(2)16-24)26(28)27-15-14-20-8-11-23(29-3)12-9-20/h5-13,16-17H,4,14-15,18H2,1-3H3,(H,27,28). The van der Waals surface area contributed by atoms with Crippen molar-refractivity contribution in [2.45, 2.75) is 26.9 Å². The smallest absolute Gasteiger partial charge is 0.251 e. The van der Waals surface area contributed by atoms with Crippen LogP contribution >= 0.6 is 0 Å². The molecule has 0 spiro atoms. The van der Waals surface area contributed by atoms with E-state index in [0.717, 1.165) is 40.4 Å². The summed E-state index contributed by atoms with van der Waals surface area (Å²) in [5.74, 6) is 2.22. The molecule has 0 fully saturated rings. The summed E-state index contributed by atoms with van der Waals surface area (Å²) in [5.41, 5.74) is 3.69. The van der Waals surface area contributed by atoms with Gasteiger partial charge < -0.3 is 19.5 Å². The number of rotatable bonds is 10. The predicted octanol–water partition coefficient (Wildman–Crippen LogP) is 4.95. The molecule has 0 aliphatic rings. The van der Waals surface area contributed by atoms with Gasteiger partial charge in [0, 0.05) is 17.7 Å². The fourth-order valence-electron chi connectivity index (χ4n) is 3.21. The second kappa shape index (κ2) is 11.1. The molecular formula is C26H29NO4. The number of nitrogens with one attached hydrogen (secondary N) is 1. The minimum atomic E-state index is -0.117. The first-order valence-electron chi connectivity index (χ1n) is 10.5. The van der Waals surface area contributed by atoms with Crippen molar-refractivity contribution in [3.8, 4) is 17.2 Å². The average molecular weight is 420 g/mol. The van der Waals surface area contributed by atoms with Crippen LogP contribution in [0.15, 0.2) is 66.7 Å². The van der Waals surface area contributed by atoms with Crippen LogP contribution in [0, 0.1) is 6.92 Å². The number of carbonyl (C=O) groups is 1. The highest BCUT2D eigenvalue weighted by Crippen LogP contribution is 2.23. The SMILES string of the molecule is CCOc1ccc(C(=O)NCCc2ccc(OC)cc2)cc1COc1cccc(C)c1. The fourth-order valence-corrected chi connectivity index (χ4v) is 3.21. The van der Waals surface area contributed by atoms with Gasteiger partial charge in [0.2, 0.25) is 0 Å². The van der Waals surface area contributed by atoms with Crippen molar-refractivity contribution in [1.82, 2.24) is 5.32 Å². The van der Waals surface area contributed by atoms with E-state index in [1.165, 1.54) is 0 Å². The molecule has 0 bridgehead atoms. The molecule has 0 heterocycles. The maximum Gasteiger partial charge on any atom is 0.251 e. The first kappa shape index (κ1) is 22.2. The van der Waals surface area contributed by atoms with Gasteiger partial charge >= 0.3 is 0 Å². The second-order valence-corrected chi connectivity index (χ2v) is 7.21. The zero-order valence-corrected chi connectivity index (χ0v) is 18.3. The van der Waals surface area contributed by atoms with Crippen molar-refractivity contribution in [2.24, 2.45) is 0 Å². The van der Waals surface area contributed by atoms with Crippen molar-refractivity contribution < 1.29 is 19.0 Å². The molecule has 0 saturated carbocycles. The van der Waals surface area contributed by atoms with Gasteiger partial charge in [-0.25, -0.2) is 0 Å². The number of hydrogen-bond acceptors (Lipinski definition) is 4. The van der Waals surface area contributed by atoms with Crippen LogP contribution in [0.25, 0.3) is 0 Å². The maximum atomic E-state index is 12.7. The summed E-state index contributed by atoms with van der Waals surface area (Å²) in [4.78, 5) is 12.7. The highest BCUT2D eigenvalue weighted by molar-refractivity contribution is 5.94. The molecule has 1 amide bonds. The topological polar surface area (TPSA) is 56.8 Å². The van der Waals surface area contributed by atoms with E-state index in [1.54, 1.807) is 13.2 Å². The number of aryl methyl sites for hydroxylation is 1. The first-order valence-corrected chi connectivity index (χ1v) is 10.5. The van der Waals surface area contributed by atoms with Crippen LogP contribution < -0.4 is 19.5 Å². The summed E-state index contributed by atoms with van der Waals surface area (Å²) < 4.78 is 16.8. The van der Waals surface area contributed by atoms with Gasteiger partial charge in [0.15, 0.2) is 0 Å². The molecule has 0 aliphatic carbocycles. The van der Waals surface area contributed by atoms with E-state index in [2.05, 4.69) is 5.32 Å². The quantitative estimate of drug-likeness (QED) is 0.505. The third kappa shape index (κ3) is 6.51. The maximum absolute atomic E-state index is 12.7. The minimum absolute atomic E-state index is 0.117. The molecule has 3 aromatic rings. The Morgan fingerprint density at radius 2 is 1.74 bits per heavy atom. The third-order valence-electron chi connectivity index (χ3n) is 4.86. The highest BCUT2D eigenvalue weighted by atomic mass is 16.5. The molecule has 0 aliphatic heterocycles. The normalized spacial score (nSPS) is 10.4. The highest BCUT2D eigenvalue weighted by Gasteiger charge is 2.11. The zero-order valence-electron chi connectivity index (χ0n) is 18.3. The van der Waals surface area contributed by atoms with E-state index in [9.17, 15) is 4.79 Å². The molecule has 3 rings (SSSR count). The third-order valence-corrected chi connectivity index (χ3v) is 4.86. The van der Waals surface area contributed by atoms with Crippen molar-refractivity contribution in [2.75, 3.05) is 20.3 Å². The van der Waals surface area contributed by atoms with Crippen LogP contribution in [0.2, 0.25) is 0 Å². The Morgan fingerprint density at radius 3 is 2.45 bits per heavy atom. The summed E-state index contributed by atoms with van der Waals surface area (Å²) in [6, 6.07) is 21.2. The summed E-state index contributed by atoms with van der Waals surface area (Å²) >= 11 is 0. The average Bonchev–Trinajstić information content (AvgIpc) is 2.79. The van der Waals surface area contributed by atoms with Gasteiger partial charge in [-0.3, -0.25) is 4.79 Å². The van der Waals surface area contributed by atoms with E-state index in [4.69, 9.17) is 14.2 Å². The van der Waals surface area contributed by atoms with Gasteiger partial charge in [0.1, 0.15) is 23.9 Å². The van der Waals surface area contributed by atoms with Crippen LogP contribution in [-0.4, -0.2) is 26.2 Å². The molecule has 1 N–H and O–H groups in total. The van der Waals surface area contributed by atoms with Crippen molar-refractivity contribution >= 4 is 5.91 Å². The van der Waals surface area contributed by atoms with Crippen LogP contribution in [0.5, 0.6) is 17.2 Å². The molecule has 0 aromatic heterocycles. The Hall–Kier alpha value is -3.47. The van der Waals surface area contributed by atoms with Gasteiger partial charge in [-0.15, -0.1) is 0 Å². The fraction of sp³-hybridized carbons (Fsp3) is 0.269. The molecule has 3 aromatic carbocycles. The Labute approximate surface area is 184 Å². The van der Waals surface area contributed by atoms with E-state index in [-0.39, 0.29) is 5.91 Å². The Bertz CT molecular complexity index is 999. The molecule has 0 atom stereocenters. The van der Waals surface area contributed by atoms with Crippen molar-refractivity contribution in [3.63, 3.8) is 0 Å². The summed E-state index contributed by atoms with van der Waals surface area (Å²) in [7, 11) is 1.65. The van der Waals surface area contributed by atoms with Crippen LogP contribution in [0.1, 0.15) is 34.0 Å². The molecule has 5 heteroatoms. The Balaban J connectivity index is 1.62. The summed E-state index contributed by atoms with van der Waals surface area (Å²) in [5, 5.41) is 2.98. The number of amides is 1. The molecular weight excluding hydrogens is 390 g/mol. The lowest BCUT2D eigenvalue weighted by molar-refractivity contribution is 0.0954. The lowest BCUT2D eigenvalue weighted by Gasteiger charge is -2.14. The van der Waals surface area contributed by atoms with E-state index >= 15 is 0 Å². The van der Waals surface area contributed by atoms with Gasteiger partial charge in [0.05, 0.1) is 13.7 Å². The number of carbonyl (C=O) groups excluding carboxylic acids is 1. The van der Waals surface area contributed by atoms with Gasteiger partial charge in [0.25, 0.3) is 5.91 Å². The van der Waals surface area contributed by atoms with Crippen LogP contribution in [-0.2, 0) is 13.0 Å². The number of ether oxygens (including phenoxy) is 3. The second-order valence-electron chi connectivity index (χ2n) is 7.21. The van der Waals surface area contributed by atoms with E-state index in [0.29, 0.717) is 25.3 Å². The van der Waals surface area contributed by atoms with Gasteiger partial charge in [-0.05, 0) is 73.9 Å². The molecule has 5 nitrogen and oxygen atoms in total. The van der Waals surface area contributed by atoms with Gasteiger partial charge in [-0.1, -0.05) is 24.3 Å². The molecule has 162 valence electrons. The van der Waals surface area contributed by atoms with Crippen molar-refractivity contribution in [1.29, 1.82) is 0 Å². The molecule has 0 radical (unpaired) electrons. The van der Waals surface area contributed by atoms with E-state index in [1.807, 2.05) is 74.5 Å². The molecule has 0 saturated heterocycles. The minimum Gasteiger partial charge on any atom is -0.497 e. The monoisotopic (exact) mass is 419 g/mol. The summed E-state index contributed by atoms with van der Waals surface area (Å²) in [6.45, 7) is 5.38.